The van der Waals surface area contributed by atoms with Crippen molar-refractivity contribution < 1.29 is 0 Å². The van der Waals surface area contributed by atoms with Gasteiger partial charge in [0.15, 0.2) is 0 Å². The first-order valence-corrected chi connectivity index (χ1v) is 7.17. The Balaban J connectivity index is 2.68. The predicted molar refractivity (Wildman–Crippen MR) is 81.1 cm³/mol. The van der Waals surface area contributed by atoms with E-state index < -0.39 is 0 Å². The van der Waals surface area contributed by atoms with Gasteiger partial charge in [-0.05, 0) is 46.6 Å². The summed E-state index contributed by atoms with van der Waals surface area (Å²) < 4.78 is 0. The molecule has 2 heteroatoms. The standard InChI is InChI=1S/C17H26N2/c1-13(2)19(14(3)4)11-10-17(12-18)16-8-6-15(5)7-9-16/h6-9,13-14,17H,10-11H2,1-5H3. The first kappa shape index (κ1) is 15.7. The lowest BCUT2D eigenvalue weighted by Crippen LogP contribution is -2.38. The predicted octanol–water partition coefficient (Wildman–Crippen LogP) is 4.11. The molecular weight excluding hydrogens is 232 g/mol. The van der Waals surface area contributed by atoms with Gasteiger partial charge in [-0.15, -0.1) is 0 Å². The van der Waals surface area contributed by atoms with E-state index in [9.17, 15) is 5.26 Å². The van der Waals surface area contributed by atoms with Crippen LogP contribution in [0.25, 0.3) is 0 Å². The molecular formula is C17H26N2. The quantitative estimate of drug-likeness (QED) is 0.767. The number of rotatable bonds is 6. The second-order valence-corrected chi connectivity index (χ2v) is 5.81. The Morgan fingerprint density at radius 2 is 1.58 bits per heavy atom. The minimum Gasteiger partial charge on any atom is -0.298 e. The summed E-state index contributed by atoms with van der Waals surface area (Å²) in [5, 5.41) is 9.37. The van der Waals surface area contributed by atoms with Gasteiger partial charge in [0.1, 0.15) is 0 Å². The topological polar surface area (TPSA) is 27.0 Å². The Kier molecular flexibility index (Phi) is 6.05. The maximum atomic E-state index is 9.37. The van der Waals surface area contributed by atoms with Crippen LogP contribution < -0.4 is 0 Å². The molecule has 0 heterocycles. The van der Waals surface area contributed by atoms with Crippen LogP contribution in [-0.2, 0) is 0 Å². The van der Waals surface area contributed by atoms with Crippen LogP contribution in [0.3, 0.4) is 0 Å². The monoisotopic (exact) mass is 258 g/mol. The molecule has 1 unspecified atom stereocenters. The van der Waals surface area contributed by atoms with E-state index in [1.165, 1.54) is 5.56 Å². The lowest BCUT2D eigenvalue weighted by molar-refractivity contribution is 0.171. The summed E-state index contributed by atoms with van der Waals surface area (Å²) in [6.07, 6.45) is 0.899. The molecule has 104 valence electrons. The third-order valence-electron chi connectivity index (χ3n) is 3.64. The van der Waals surface area contributed by atoms with Crippen LogP contribution in [0, 0.1) is 18.3 Å². The third kappa shape index (κ3) is 4.69. The van der Waals surface area contributed by atoms with Crippen molar-refractivity contribution in [1.29, 1.82) is 5.26 Å². The van der Waals surface area contributed by atoms with Gasteiger partial charge in [-0.25, -0.2) is 0 Å². The van der Waals surface area contributed by atoms with Crippen LogP contribution >= 0.6 is 0 Å². The van der Waals surface area contributed by atoms with Gasteiger partial charge in [0.2, 0.25) is 0 Å². The second kappa shape index (κ2) is 7.31. The van der Waals surface area contributed by atoms with E-state index in [2.05, 4.69) is 69.9 Å². The highest BCUT2D eigenvalue weighted by molar-refractivity contribution is 5.28. The molecule has 1 rings (SSSR count). The summed E-state index contributed by atoms with van der Waals surface area (Å²) >= 11 is 0. The summed E-state index contributed by atoms with van der Waals surface area (Å²) in [4.78, 5) is 2.44. The molecule has 0 saturated carbocycles. The zero-order chi connectivity index (χ0) is 14.4. The van der Waals surface area contributed by atoms with Crippen LogP contribution in [0.4, 0.5) is 0 Å². The number of hydrogen-bond donors (Lipinski definition) is 0. The fourth-order valence-corrected chi connectivity index (χ4v) is 2.50. The van der Waals surface area contributed by atoms with Crippen molar-refractivity contribution in [3.8, 4) is 6.07 Å². The molecule has 0 N–H and O–H groups in total. The zero-order valence-corrected chi connectivity index (χ0v) is 12.9. The molecule has 0 aliphatic carbocycles. The van der Waals surface area contributed by atoms with E-state index >= 15 is 0 Å². The minimum atomic E-state index is 0.000556. The van der Waals surface area contributed by atoms with Crippen molar-refractivity contribution in [3.05, 3.63) is 35.4 Å². The van der Waals surface area contributed by atoms with Crippen molar-refractivity contribution >= 4 is 0 Å². The van der Waals surface area contributed by atoms with E-state index in [0.717, 1.165) is 18.5 Å². The number of nitriles is 1. The molecule has 1 aromatic carbocycles. The Hall–Kier alpha value is -1.33. The summed E-state index contributed by atoms with van der Waals surface area (Å²) in [5.41, 5.74) is 2.38. The summed E-state index contributed by atoms with van der Waals surface area (Å²) in [5.74, 6) is 0.000556. The van der Waals surface area contributed by atoms with Crippen LogP contribution in [0.2, 0.25) is 0 Å². The van der Waals surface area contributed by atoms with Gasteiger partial charge in [0, 0.05) is 18.6 Å². The SMILES string of the molecule is Cc1ccc(C(C#N)CCN(C(C)C)C(C)C)cc1. The van der Waals surface area contributed by atoms with Gasteiger partial charge in [0.25, 0.3) is 0 Å². The lowest BCUT2D eigenvalue weighted by atomic mass is 9.96. The second-order valence-electron chi connectivity index (χ2n) is 5.81. The zero-order valence-electron chi connectivity index (χ0n) is 12.9. The number of aryl methyl sites for hydroxylation is 1. The molecule has 1 atom stereocenters. The molecule has 0 radical (unpaired) electrons. The van der Waals surface area contributed by atoms with Gasteiger partial charge in [0.05, 0.1) is 12.0 Å². The highest BCUT2D eigenvalue weighted by Crippen LogP contribution is 2.21. The Morgan fingerprint density at radius 1 is 1.05 bits per heavy atom. The van der Waals surface area contributed by atoms with Crippen molar-refractivity contribution in [3.63, 3.8) is 0 Å². The Labute approximate surface area is 118 Å². The van der Waals surface area contributed by atoms with Crippen LogP contribution in [0.15, 0.2) is 24.3 Å². The van der Waals surface area contributed by atoms with Crippen molar-refractivity contribution in [2.75, 3.05) is 6.54 Å². The van der Waals surface area contributed by atoms with Crippen LogP contribution in [0.5, 0.6) is 0 Å². The first-order chi connectivity index (χ1) is 8.95. The lowest BCUT2D eigenvalue weighted by Gasteiger charge is -2.31. The molecule has 0 aliphatic heterocycles. The molecule has 0 amide bonds. The maximum Gasteiger partial charge on any atom is 0.0724 e. The summed E-state index contributed by atoms with van der Waals surface area (Å²) in [6.45, 7) is 11.9. The maximum absolute atomic E-state index is 9.37. The number of hydrogen-bond acceptors (Lipinski definition) is 2. The van der Waals surface area contributed by atoms with Gasteiger partial charge >= 0.3 is 0 Å². The summed E-state index contributed by atoms with van der Waals surface area (Å²) in [7, 11) is 0. The molecule has 0 saturated heterocycles. The smallest absolute Gasteiger partial charge is 0.0724 e. The van der Waals surface area contributed by atoms with Crippen LogP contribution in [0.1, 0.15) is 51.2 Å². The highest BCUT2D eigenvalue weighted by atomic mass is 15.2. The third-order valence-corrected chi connectivity index (χ3v) is 3.64. The van der Waals surface area contributed by atoms with Crippen molar-refractivity contribution in [1.82, 2.24) is 4.90 Å². The molecule has 0 aliphatic rings. The fourth-order valence-electron chi connectivity index (χ4n) is 2.50. The van der Waals surface area contributed by atoms with Gasteiger partial charge < -0.3 is 0 Å². The van der Waals surface area contributed by atoms with E-state index in [-0.39, 0.29) is 5.92 Å². The van der Waals surface area contributed by atoms with Crippen molar-refractivity contribution in [2.24, 2.45) is 0 Å². The highest BCUT2D eigenvalue weighted by Gasteiger charge is 2.17. The molecule has 1 aromatic rings. The Morgan fingerprint density at radius 3 is 2.00 bits per heavy atom. The molecule has 19 heavy (non-hydrogen) atoms. The van der Waals surface area contributed by atoms with Gasteiger partial charge in [-0.3, -0.25) is 4.90 Å². The van der Waals surface area contributed by atoms with Crippen LogP contribution in [-0.4, -0.2) is 23.5 Å². The largest absolute Gasteiger partial charge is 0.298 e. The first-order valence-electron chi connectivity index (χ1n) is 7.17. The van der Waals surface area contributed by atoms with Gasteiger partial charge in [-0.2, -0.15) is 5.26 Å². The number of nitrogens with zero attached hydrogens (tertiary/aromatic N) is 2. The minimum absolute atomic E-state index is 0.000556. The molecule has 0 aromatic heterocycles. The van der Waals surface area contributed by atoms with E-state index in [1.807, 2.05) is 0 Å². The van der Waals surface area contributed by atoms with Gasteiger partial charge in [-0.1, -0.05) is 29.8 Å². The van der Waals surface area contributed by atoms with E-state index in [1.54, 1.807) is 0 Å². The van der Waals surface area contributed by atoms with E-state index in [0.29, 0.717) is 12.1 Å². The molecule has 0 fully saturated rings. The van der Waals surface area contributed by atoms with Crippen molar-refractivity contribution in [2.45, 2.75) is 59.0 Å². The number of benzene rings is 1. The molecule has 2 nitrogen and oxygen atoms in total. The van der Waals surface area contributed by atoms with E-state index in [4.69, 9.17) is 0 Å². The molecule has 0 bridgehead atoms. The summed E-state index contributed by atoms with van der Waals surface area (Å²) in [6, 6.07) is 11.8. The molecule has 0 spiro atoms. The average Bonchev–Trinajstić information content (AvgIpc) is 2.35. The fraction of sp³-hybridized carbons (Fsp3) is 0.588. The Bertz CT molecular complexity index is 404. The normalized spacial score (nSPS) is 13.0. The average molecular weight is 258 g/mol.